The van der Waals surface area contributed by atoms with Crippen molar-refractivity contribution >= 4 is 21.7 Å². The lowest BCUT2D eigenvalue weighted by Crippen LogP contribution is -2.11. The van der Waals surface area contributed by atoms with Gasteiger partial charge in [0.25, 0.3) is 0 Å². The topological polar surface area (TPSA) is 20.2 Å². The lowest BCUT2D eigenvalue weighted by Gasteiger charge is -2.05. The Labute approximate surface area is 58.2 Å². The molecule has 0 bridgehead atoms. The maximum atomic E-state index is 8.91. The standard InChI is InChI=1S/C5H13OSSi/c1-3-5(7)4-8(2)6/h5-7H,3-4H2,1-2H3. The van der Waals surface area contributed by atoms with E-state index in [1.54, 1.807) is 0 Å². The maximum Gasteiger partial charge on any atom is 0.204 e. The molecule has 1 nitrogen and oxygen atoms in total. The molecule has 0 rings (SSSR count). The summed E-state index contributed by atoms with van der Waals surface area (Å²) < 4.78 is 0. The minimum absolute atomic E-state index is 0.416. The molecule has 0 aliphatic heterocycles. The molecule has 3 heteroatoms. The Hall–Kier alpha value is 0.527. The van der Waals surface area contributed by atoms with Crippen molar-refractivity contribution in [1.29, 1.82) is 0 Å². The molecule has 0 aliphatic carbocycles. The second-order valence-corrected chi connectivity index (χ2v) is 4.61. The van der Waals surface area contributed by atoms with Gasteiger partial charge >= 0.3 is 0 Å². The van der Waals surface area contributed by atoms with Crippen molar-refractivity contribution in [2.24, 2.45) is 0 Å². The second kappa shape index (κ2) is 4.41. The quantitative estimate of drug-likeness (QED) is 0.458. The van der Waals surface area contributed by atoms with Crippen molar-refractivity contribution in [2.75, 3.05) is 0 Å². The second-order valence-electron chi connectivity index (χ2n) is 2.00. The van der Waals surface area contributed by atoms with Crippen LogP contribution in [-0.4, -0.2) is 19.1 Å². The summed E-state index contributed by atoms with van der Waals surface area (Å²) in [4.78, 5) is 8.91. The third kappa shape index (κ3) is 4.68. The normalized spacial score (nSPS) is 14.6. The van der Waals surface area contributed by atoms with Gasteiger partial charge in [-0.2, -0.15) is 12.6 Å². The predicted octanol–water partition coefficient (Wildman–Crippen LogP) is 1.31. The van der Waals surface area contributed by atoms with E-state index in [4.69, 9.17) is 4.80 Å². The molecule has 0 saturated heterocycles. The average molecular weight is 149 g/mol. The van der Waals surface area contributed by atoms with Crippen LogP contribution in [-0.2, 0) is 0 Å². The first-order valence-electron chi connectivity index (χ1n) is 2.86. The van der Waals surface area contributed by atoms with E-state index in [0.29, 0.717) is 5.25 Å². The van der Waals surface area contributed by atoms with Gasteiger partial charge in [-0.15, -0.1) is 0 Å². The Bertz CT molecular complexity index is 58.4. The zero-order chi connectivity index (χ0) is 6.57. The Morgan fingerprint density at radius 2 is 2.25 bits per heavy atom. The summed E-state index contributed by atoms with van der Waals surface area (Å²) in [7, 11) is -1.02. The van der Waals surface area contributed by atoms with Crippen LogP contribution >= 0.6 is 12.6 Å². The molecule has 1 N–H and O–H groups in total. The molecule has 1 radical (unpaired) electrons. The van der Waals surface area contributed by atoms with E-state index in [9.17, 15) is 0 Å². The van der Waals surface area contributed by atoms with Crippen LogP contribution < -0.4 is 0 Å². The molecular formula is C5H13OSSi. The fourth-order valence-corrected chi connectivity index (χ4v) is 2.25. The highest BCUT2D eigenvalue weighted by Crippen LogP contribution is 2.07. The zero-order valence-electron chi connectivity index (χ0n) is 5.39. The first-order chi connectivity index (χ1) is 3.66. The molecule has 0 fully saturated rings. The van der Waals surface area contributed by atoms with E-state index < -0.39 is 9.04 Å². The third-order valence-corrected chi connectivity index (χ3v) is 2.98. The molecular weight excluding hydrogens is 136 g/mol. The molecule has 8 heavy (non-hydrogen) atoms. The molecule has 49 valence electrons. The Morgan fingerprint density at radius 1 is 1.75 bits per heavy atom. The van der Waals surface area contributed by atoms with Gasteiger partial charge in [-0.05, 0) is 19.0 Å². The van der Waals surface area contributed by atoms with Crippen LogP contribution in [0, 0.1) is 0 Å². The van der Waals surface area contributed by atoms with Gasteiger partial charge in [0.1, 0.15) is 0 Å². The zero-order valence-corrected chi connectivity index (χ0v) is 7.28. The molecule has 1 unspecified atom stereocenters. The van der Waals surface area contributed by atoms with Crippen LogP contribution in [0.5, 0.6) is 0 Å². The number of rotatable bonds is 3. The highest BCUT2D eigenvalue weighted by Gasteiger charge is 2.05. The minimum atomic E-state index is -1.02. The highest BCUT2D eigenvalue weighted by atomic mass is 32.1. The maximum absolute atomic E-state index is 8.91. The molecule has 0 spiro atoms. The summed E-state index contributed by atoms with van der Waals surface area (Å²) in [6.45, 7) is 3.98. The summed E-state index contributed by atoms with van der Waals surface area (Å²) in [6, 6.07) is 0.907. The van der Waals surface area contributed by atoms with E-state index in [1.807, 2.05) is 6.55 Å². The molecule has 1 atom stereocenters. The van der Waals surface area contributed by atoms with E-state index in [-0.39, 0.29) is 0 Å². The lowest BCUT2D eigenvalue weighted by atomic mass is 10.4. The van der Waals surface area contributed by atoms with Crippen molar-refractivity contribution in [3.05, 3.63) is 0 Å². The third-order valence-electron chi connectivity index (χ3n) is 1.00. The summed E-state index contributed by atoms with van der Waals surface area (Å²) >= 11 is 4.23. The van der Waals surface area contributed by atoms with Crippen LogP contribution in [0.3, 0.4) is 0 Å². The van der Waals surface area contributed by atoms with Gasteiger partial charge in [0.2, 0.25) is 9.04 Å². The number of hydrogen-bond donors (Lipinski definition) is 2. The average Bonchev–Trinajstić information content (AvgIpc) is 1.65. The first-order valence-corrected chi connectivity index (χ1v) is 5.53. The fraction of sp³-hybridized carbons (Fsp3) is 1.00. The monoisotopic (exact) mass is 149 g/mol. The summed E-state index contributed by atoms with van der Waals surface area (Å²) in [5, 5.41) is 0.416. The smallest absolute Gasteiger partial charge is 0.204 e. The van der Waals surface area contributed by atoms with Crippen molar-refractivity contribution in [2.45, 2.75) is 31.2 Å². The van der Waals surface area contributed by atoms with Crippen molar-refractivity contribution in [1.82, 2.24) is 0 Å². The summed E-state index contributed by atoms with van der Waals surface area (Å²) in [5.41, 5.74) is 0. The molecule has 0 heterocycles. The molecule has 0 aliphatic rings. The van der Waals surface area contributed by atoms with Crippen LogP contribution in [0.25, 0.3) is 0 Å². The van der Waals surface area contributed by atoms with E-state index in [2.05, 4.69) is 19.6 Å². The van der Waals surface area contributed by atoms with Gasteiger partial charge in [0.15, 0.2) is 0 Å². The van der Waals surface area contributed by atoms with Gasteiger partial charge < -0.3 is 4.80 Å². The van der Waals surface area contributed by atoms with Crippen LogP contribution in [0.2, 0.25) is 12.6 Å². The summed E-state index contributed by atoms with van der Waals surface area (Å²) in [5.74, 6) is 0. The molecule has 0 aromatic heterocycles. The van der Waals surface area contributed by atoms with E-state index in [0.717, 1.165) is 12.5 Å². The van der Waals surface area contributed by atoms with Gasteiger partial charge in [0.05, 0.1) is 0 Å². The molecule has 0 aromatic rings. The van der Waals surface area contributed by atoms with Crippen molar-refractivity contribution < 1.29 is 4.80 Å². The Balaban J connectivity index is 3.10. The first kappa shape index (κ1) is 8.53. The van der Waals surface area contributed by atoms with Gasteiger partial charge in [-0.1, -0.05) is 6.92 Å². The molecule has 0 aromatic carbocycles. The SMILES string of the molecule is CCC(S)C[Si](C)O. The van der Waals surface area contributed by atoms with Crippen LogP contribution in [0.4, 0.5) is 0 Å². The number of thiol groups is 1. The van der Waals surface area contributed by atoms with Crippen molar-refractivity contribution in [3.63, 3.8) is 0 Å². The highest BCUT2D eigenvalue weighted by molar-refractivity contribution is 7.81. The summed E-state index contributed by atoms with van der Waals surface area (Å²) in [6.07, 6.45) is 1.06. The van der Waals surface area contributed by atoms with Gasteiger partial charge in [0, 0.05) is 5.25 Å². The molecule has 0 saturated carbocycles. The van der Waals surface area contributed by atoms with E-state index >= 15 is 0 Å². The van der Waals surface area contributed by atoms with Crippen LogP contribution in [0.15, 0.2) is 0 Å². The van der Waals surface area contributed by atoms with Gasteiger partial charge in [-0.3, -0.25) is 0 Å². The molecule has 0 amide bonds. The predicted molar refractivity (Wildman–Crippen MR) is 41.7 cm³/mol. The fourth-order valence-electron chi connectivity index (χ4n) is 0.485. The van der Waals surface area contributed by atoms with Crippen molar-refractivity contribution in [3.8, 4) is 0 Å². The van der Waals surface area contributed by atoms with Crippen LogP contribution in [0.1, 0.15) is 13.3 Å². The lowest BCUT2D eigenvalue weighted by molar-refractivity contribution is 0.573. The number of hydrogen-bond acceptors (Lipinski definition) is 2. The van der Waals surface area contributed by atoms with Gasteiger partial charge in [-0.25, -0.2) is 0 Å². The largest absolute Gasteiger partial charge is 0.432 e. The van der Waals surface area contributed by atoms with E-state index in [1.165, 1.54) is 0 Å². The minimum Gasteiger partial charge on any atom is -0.432 e. The Kier molecular flexibility index (Phi) is 4.70. The Morgan fingerprint density at radius 3 is 2.38 bits per heavy atom.